The highest BCUT2D eigenvalue weighted by Gasteiger charge is 2.46. The van der Waals surface area contributed by atoms with Gasteiger partial charge in [0.2, 0.25) is 0 Å². The fraction of sp³-hybridized carbons (Fsp3) is 0.500. The summed E-state index contributed by atoms with van der Waals surface area (Å²) >= 11 is 0. The highest BCUT2D eigenvalue weighted by Crippen LogP contribution is 2.38. The predicted molar refractivity (Wildman–Crippen MR) is 53.7 cm³/mol. The molecule has 1 aliphatic heterocycles. The maximum Gasteiger partial charge on any atom is 0.0892 e. The minimum Gasteiger partial charge on any atom is -0.367 e. The van der Waals surface area contributed by atoms with E-state index in [-0.39, 0.29) is 5.60 Å². The lowest BCUT2D eigenvalue weighted by atomic mass is 10.0. The van der Waals surface area contributed by atoms with Crippen molar-refractivity contribution >= 4 is 0 Å². The molecule has 0 radical (unpaired) electrons. The van der Waals surface area contributed by atoms with Crippen molar-refractivity contribution in [2.24, 2.45) is 0 Å². The van der Waals surface area contributed by atoms with Crippen molar-refractivity contribution in [2.75, 3.05) is 0 Å². The third-order valence-electron chi connectivity index (χ3n) is 2.70. The van der Waals surface area contributed by atoms with Crippen LogP contribution in [0.1, 0.15) is 25.8 Å². The van der Waals surface area contributed by atoms with Crippen molar-refractivity contribution in [1.82, 2.24) is 0 Å². The highest BCUT2D eigenvalue weighted by molar-refractivity contribution is 5.15. The molecular weight excluding hydrogens is 160 g/mol. The molecule has 13 heavy (non-hydrogen) atoms. The average molecular weight is 176 g/mol. The van der Waals surface area contributed by atoms with E-state index in [2.05, 4.69) is 44.2 Å². The molecule has 1 heterocycles. The Morgan fingerprint density at radius 2 is 1.85 bits per heavy atom. The summed E-state index contributed by atoms with van der Waals surface area (Å²) in [7, 11) is 0. The van der Waals surface area contributed by atoms with Gasteiger partial charge in [-0.2, -0.15) is 0 Å². The first-order chi connectivity index (χ1) is 6.18. The molecule has 1 saturated heterocycles. The molecule has 0 N–H and O–H groups in total. The summed E-state index contributed by atoms with van der Waals surface area (Å²) in [5, 5.41) is 0. The summed E-state index contributed by atoms with van der Waals surface area (Å²) < 4.78 is 5.53. The topological polar surface area (TPSA) is 12.5 Å². The lowest BCUT2D eigenvalue weighted by Crippen LogP contribution is -2.03. The van der Waals surface area contributed by atoms with Crippen LogP contribution in [0.4, 0.5) is 0 Å². The quantitative estimate of drug-likeness (QED) is 0.645. The maximum atomic E-state index is 5.53. The van der Waals surface area contributed by atoms with E-state index in [9.17, 15) is 0 Å². The molecule has 1 aromatic carbocycles. The Hall–Kier alpha value is -0.820. The predicted octanol–water partition coefficient (Wildman–Crippen LogP) is 2.80. The van der Waals surface area contributed by atoms with E-state index < -0.39 is 0 Å². The summed E-state index contributed by atoms with van der Waals surface area (Å²) in [5.74, 6) is 0. The van der Waals surface area contributed by atoms with Crippen molar-refractivity contribution < 1.29 is 4.74 Å². The molecule has 0 aliphatic carbocycles. The zero-order chi connectivity index (χ0) is 9.31. The van der Waals surface area contributed by atoms with Crippen molar-refractivity contribution in [3.63, 3.8) is 0 Å². The van der Waals surface area contributed by atoms with Gasteiger partial charge in [0.15, 0.2) is 0 Å². The van der Waals surface area contributed by atoms with E-state index in [4.69, 9.17) is 4.74 Å². The van der Waals surface area contributed by atoms with Crippen molar-refractivity contribution in [3.05, 3.63) is 35.9 Å². The molecule has 70 valence electrons. The van der Waals surface area contributed by atoms with Gasteiger partial charge in [-0.3, -0.25) is 0 Å². The lowest BCUT2D eigenvalue weighted by molar-refractivity contribution is 0.320. The Bertz CT molecular complexity index is 276. The standard InChI is InChI=1S/C12H16O/c1-12(2)11(13-12)9-8-10-6-4-3-5-7-10/h3-7,11H,8-9H2,1-2H3/t11-/m0/s1. The van der Waals surface area contributed by atoms with Crippen LogP contribution in [0.15, 0.2) is 30.3 Å². The Morgan fingerprint density at radius 3 is 2.38 bits per heavy atom. The summed E-state index contributed by atoms with van der Waals surface area (Å²) in [5.41, 5.74) is 1.56. The average Bonchev–Trinajstić information content (AvgIpc) is 2.73. The van der Waals surface area contributed by atoms with Crippen molar-refractivity contribution in [1.29, 1.82) is 0 Å². The number of epoxide rings is 1. The second-order valence-electron chi connectivity index (χ2n) is 4.23. The third kappa shape index (κ3) is 2.10. The van der Waals surface area contributed by atoms with Crippen LogP contribution in [0.5, 0.6) is 0 Å². The summed E-state index contributed by atoms with van der Waals surface area (Å²) in [6.07, 6.45) is 2.76. The fourth-order valence-electron chi connectivity index (χ4n) is 1.68. The van der Waals surface area contributed by atoms with Gasteiger partial charge >= 0.3 is 0 Å². The van der Waals surface area contributed by atoms with Crippen LogP contribution in [-0.2, 0) is 11.2 Å². The molecule has 1 fully saturated rings. The summed E-state index contributed by atoms with van der Waals surface area (Å²) in [4.78, 5) is 0. The second kappa shape index (κ2) is 3.15. The van der Waals surface area contributed by atoms with Gasteiger partial charge in [0.05, 0.1) is 11.7 Å². The van der Waals surface area contributed by atoms with Crippen LogP contribution in [0.2, 0.25) is 0 Å². The zero-order valence-corrected chi connectivity index (χ0v) is 8.29. The van der Waals surface area contributed by atoms with Crippen LogP contribution < -0.4 is 0 Å². The van der Waals surface area contributed by atoms with Gasteiger partial charge in [-0.1, -0.05) is 30.3 Å². The monoisotopic (exact) mass is 176 g/mol. The number of benzene rings is 1. The van der Waals surface area contributed by atoms with Gasteiger partial charge in [-0.05, 0) is 32.3 Å². The number of rotatable bonds is 3. The largest absolute Gasteiger partial charge is 0.367 e. The van der Waals surface area contributed by atoms with Gasteiger partial charge in [0, 0.05) is 0 Å². The Balaban J connectivity index is 1.82. The zero-order valence-electron chi connectivity index (χ0n) is 8.29. The van der Waals surface area contributed by atoms with E-state index in [1.807, 2.05) is 0 Å². The minimum atomic E-state index is 0.148. The van der Waals surface area contributed by atoms with Gasteiger partial charge < -0.3 is 4.74 Å². The third-order valence-corrected chi connectivity index (χ3v) is 2.70. The van der Waals surface area contributed by atoms with Crippen LogP contribution >= 0.6 is 0 Å². The Kier molecular flexibility index (Phi) is 2.12. The lowest BCUT2D eigenvalue weighted by Gasteiger charge is -1.98. The first kappa shape index (κ1) is 8.76. The molecule has 0 amide bonds. The first-order valence-corrected chi connectivity index (χ1v) is 4.90. The molecular formula is C12H16O. The Labute approximate surface area is 79.7 Å². The summed E-state index contributed by atoms with van der Waals surface area (Å²) in [6, 6.07) is 10.6. The molecule has 2 rings (SSSR count). The number of aryl methyl sites for hydroxylation is 1. The van der Waals surface area contributed by atoms with Gasteiger partial charge in [0.25, 0.3) is 0 Å². The van der Waals surface area contributed by atoms with E-state index in [0.29, 0.717) is 6.10 Å². The molecule has 1 heteroatoms. The molecule has 0 spiro atoms. The molecule has 1 nitrogen and oxygen atoms in total. The smallest absolute Gasteiger partial charge is 0.0892 e. The van der Waals surface area contributed by atoms with Crippen molar-refractivity contribution in [2.45, 2.75) is 38.4 Å². The van der Waals surface area contributed by atoms with Gasteiger partial charge in [-0.25, -0.2) is 0 Å². The Morgan fingerprint density at radius 1 is 1.23 bits per heavy atom. The molecule has 0 unspecified atom stereocenters. The molecule has 1 aromatic rings. The molecule has 1 aliphatic rings. The van der Waals surface area contributed by atoms with Crippen LogP contribution in [0.25, 0.3) is 0 Å². The van der Waals surface area contributed by atoms with Gasteiger partial charge in [0.1, 0.15) is 0 Å². The highest BCUT2D eigenvalue weighted by atomic mass is 16.6. The van der Waals surface area contributed by atoms with E-state index in [1.54, 1.807) is 0 Å². The van der Waals surface area contributed by atoms with Crippen molar-refractivity contribution in [3.8, 4) is 0 Å². The van der Waals surface area contributed by atoms with Crippen LogP contribution in [-0.4, -0.2) is 11.7 Å². The van der Waals surface area contributed by atoms with E-state index in [1.165, 1.54) is 5.56 Å². The van der Waals surface area contributed by atoms with Gasteiger partial charge in [-0.15, -0.1) is 0 Å². The molecule has 0 aromatic heterocycles. The minimum absolute atomic E-state index is 0.148. The van der Waals surface area contributed by atoms with Crippen LogP contribution in [0.3, 0.4) is 0 Å². The fourth-order valence-corrected chi connectivity index (χ4v) is 1.68. The maximum absolute atomic E-state index is 5.53. The van der Waals surface area contributed by atoms with E-state index in [0.717, 1.165) is 12.8 Å². The number of ether oxygens (including phenoxy) is 1. The second-order valence-corrected chi connectivity index (χ2v) is 4.23. The molecule has 0 bridgehead atoms. The van der Waals surface area contributed by atoms with E-state index >= 15 is 0 Å². The number of hydrogen-bond donors (Lipinski definition) is 0. The number of hydrogen-bond acceptors (Lipinski definition) is 1. The normalized spacial score (nSPS) is 24.3. The first-order valence-electron chi connectivity index (χ1n) is 4.90. The molecule has 0 saturated carbocycles. The SMILES string of the molecule is CC1(C)O[C@H]1CCc1ccccc1. The summed E-state index contributed by atoms with van der Waals surface area (Å²) in [6.45, 7) is 4.31. The molecule has 1 atom stereocenters. The van der Waals surface area contributed by atoms with Crippen LogP contribution in [0, 0.1) is 0 Å².